The van der Waals surface area contributed by atoms with Crippen molar-refractivity contribution in [2.45, 2.75) is 6.54 Å². The average molecular weight is 302 g/mol. The van der Waals surface area contributed by atoms with Crippen molar-refractivity contribution in [2.24, 2.45) is 5.73 Å². The summed E-state index contributed by atoms with van der Waals surface area (Å²) in [5.74, 6) is 0. The molecule has 5 heteroatoms. The number of rotatable bonds is 3. The smallest absolute Gasteiger partial charge is 0.142 e. The van der Waals surface area contributed by atoms with E-state index < -0.39 is 0 Å². The van der Waals surface area contributed by atoms with Crippen LogP contribution >= 0.6 is 22.9 Å². The lowest BCUT2D eigenvalue weighted by Crippen LogP contribution is -1.95. The fraction of sp³-hybridized carbons (Fsp3) is 0.0667. The van der Waals surface area contributed by atoms with Gasteiger partial charge in [0, 0.05) is 23.7 Å². The highest BCUT2D eigenvalue weighted by molar-refractivity contribution is 7.13. The van der Waals surface area contributed by atoms with Crippen molar-refractivity contribution in [3.05, 3.63) is 58.6 Å². The minimum atomic E-state index is 0.531. The standard InChI is InChI=1S/C15H12ClN3S/c16-12-4-5-13(18-8-12)15-19-14(9-20-15)11-3-1-2-10(6-11)7-17/h1-6,8-9H,7,17H2. The van der Waals surface area contributed by atoms with Gasteiger partial charge in [-0.1, -0.05) is 29.8 Å². The van der Waals surface area contributed by atoms with Crippen molar-refractivity contribution in [1.82, 2.24) is 9.97 Å². The molecule has 2 N–H and O–H groups in total. The maximum atomic E-state index is 5.84. The van der Waals surface area contributed by atoms with Crippen LogP contribution in [-0.4, -0.2) is 9.97 Å². The molecule has 2 heterocycles. The summed E-state index contributed by atoms with van der Waals surface area (Å²) in [7, 11) is 0. The average Bonchev–Trinajstić information content (AvgIpc) is 2.98. The van der Waals surface area contributed by atoms with Gasteiger partial charge in [0.1, 0.15) is 5.01 Å². The number of hydrogen-bond acceptors (Lipinski definition) is 4. The van der Waals surface area contributed by atoms with Crippen LogP contribution in [0.4, 0.5) is 0 Å². The van der Waals surface area contributed by atoms with Crippen LogP contribution < -0.4 is 5.73 Å². The SMILES string of the molecule is NCc1cccc(-c2csc(-c3ccc(Cl)cn3)n2)c1. The topological polar surface area (TPSA) is 51.8 Å². The zero-order valence-corrected chi connectivity index (χ0v) is 12.2. The van der Waals surface area contributed by atoms with E-state index in [1.165, 1.54) is 0 Å². The minimum Gasteiger partial charge on any atom is -0.326 e. The first-order chi connectivity index (χ1) is 9.76. The minimum absolute atomic E-state index is 0.531. The van der Waals surface area contributed by atoms with Gasteiger partial charge in [-0.3, -0.25) is 4.98 Å². The van der Waals surface area contributed by atoms with E-state index in [-0.39, 0.29) is 0 Å². The lowest BCUT2D eigenvalue weighted by molar-refractivity contribution is 1.07. The zero-order valence-electron chi connectivity index (χ0n) is 10.6. The number of nitrogens with zero attached hydrogens (tertiary/aromatic N) is 2. The summed E-state index contributed by atoms with van der Waals surface area (Å²) in [6.07, 6.45) is 1.63. The van der Waals surface area contributed by atoms with Crippen LogP contribution in [0.25, 0.3) is 22.0 Å². The molecule has 2 aromatic heterocycles. The molecule has 0 saturated heterocycles. The fourth-order valence-corrected chi connectivity index (χ4v) is 2.80. The Hall–Kier alpha value is -1.75. The second-order valence-corrected chi connectivity index (χ2v) is 5.60. The molecule has 0 aliphatic carbocycles. The maximum absolute atomic E-state index is 5.84. The highest BCUT2D eigenvalue weighted by Gasteiger charge is 2.08. The summed E-state index contributed by atoms with van der Waals surface area (Å²) in [6, 6.07) is 11.8. The van der Waals surface area contributed by atoms with Gasteiger partial charge in [0.25, 0.3) is 0 Å². The van der Waals surface area contributed by atoms with Crippen molar-refractivity contribution in [3.63, 3.8) is 0 Å². The molecule has 0 saturated carbocycles. The highest BCUT2D eigenvalue weighted by Crippen LogP contribution is 2.28. The molecule has 3 rings (SSSR count). The molecule has 0 radical (unpaired) electrons. The number of pyridine rings is 1. The molecule has 0 aliphatic rings. The van der Waals surface area contributed by atoms with Crippen LogP contribution in [0.15, 0.2) is 48.0 Å². The number of halogens is 1. The van der Waals surface area contributed by atoms with Crippen LogP contribution in [0.1, 0.15) is 5.56 Å². The highest BCUT2D eigenvalue weighted by atomic mass is 35.5. The van der Waals surface area contributed by atoms with Gasteiger partial charge in [0.2, 0.25) is 0 Å². The van der Waals surface area contributed by atoms with E-state index in [1.54, 1.807) is 17.5 Å². The van der Waals surface area contributed by atoms with E-state index in [9.17, 15) is 0 Å². The van der Waals surface area contributed by atoms with E-state index in [0.717, 1.165) is 27.5 Å². The Kier molecular flexibility index (Phi) is 3.78. The van der Waals surface area contributed by atoms with E-state index in [0.29, 0.717) is 11.6 Å². The Bertz CT molecular complexity index is 722. The lowest BCUT2D eigenvalue weighted by Gasteiger charge is -2.00. The van der Waals surface area contributed by atoms with E-state index in [1.807, 2.05) is 35.7 Å². The Morgan fingerprint density at radius 3 is 2.80 bits per heavy atom. The van der Waals surface area contributed by atoms with Gasteiger partial charge in [-0.15, -0.1) is 11.3 Å². The zero-order chi connectivity index (χ0) is 13.9. The first-order valence-electron chi connectivity index (χ1n) is 6.13. The molecular weight excluding hydrogens is 290 g/mol. The fourth-order valence-electron chi connectivity index (χ4n) is 1.88. The second kappa shape index (κ2) is 5.71. The monoisotopic (exact) mass is 301 g/mol. The third-order valence-corrected chi connectivity index (χ3v) is 4.00. The molecule has 0 spiro atoms. The third kappa shape index (κ3) is 2.72. The summed E-state index contributed by atoms with van der Waals surface area (Å²) in [6.45, 7) is 0.531. The predicted molar refractivity (Wildman–Crippen MR) is 83.7 cm³/mol. The van der Waals surface area contributed by atoms with Crippen LogP contribution in [0, 0.1) is 0 Å². The molecule has 20 heavy (non-hydrogen) atoms. The first-order valence-corrected chi connectivity index (χ1v) is 7.39. The Morgan fingerprint density at radius 1 is 1.15 bits per heavy atom. The number of nitrogens with two attached hydrogens (primary N) is 1. The molecule has 0 bridgehead atoms. The number of thiazole rings is 1. The van der Waals surface area contributed by atoms with E-state index >= 15 is 0 Å². The van der Waals surface area contributed by atoms with Gasteiger partial charge in [-0.25, -0.2) is 4.98 Å². The first kappa shape index (κ1) is 13.2. The van der Waals surface area contributed by atoms with Gasteiger partial charge in [-0.05, 0) is 23.8 Å². The molecular formula is C15H12ClN3S. The maximum Gasteiger partial charge on any atom is 0.142 e. The second-order valence-electron chi connectivity index (χ2n) is 4.30. The van der Waals surface area contributed by atoms with Gasteiger partial charge < -0.3 is 5.73 Å². The lowest BCUT2D eigenvalue weighted by atomic mass is 10.1. The Morgan fingerprint density at radius 2 is 2.05 bits per heavy atom. The van der Waals surface area contributed by atoms with Crippen molar-refractivity contribution in [1.29, 1.82) is 0 Å². The van der Waals surface area contributed by atoms with Crippen molar-refractivity contribution in [2.75, 3.05) is 0 Å². The predicted octanol–water partition coefficient (Wildman–Crippen LogP) is 3.98. The molecule has 3 nitrogen and oxygen atoms in total. The van der Waals surface area contributed by atoms with E-state index in [2.05, 4.69) is 16.0 Å². The van der Waals surface area contributed by atoms with Crippen LogP contribution in [0.5, 0.6) is 0 Å². The number of benzene rings is 1. The molecule has 0 atom stereocenters. The summed E-state index contributed by atoms with van der Waals surface area (Å²) in [5.41, 5.74) is 9.61. The molecule has 1 aromatic carbocycles. The van der Waals surface area contributed by atoms with Gasteiger partial charge in [0.05, 0.1) is 16.4 Å². The summed E-state index contributed by atoms with van der Waals surface area (Å²) >= 11 is 7.41. The quantitative estimate of drug-likeness (QED) is 0.796. The summed E-state index contributed by atoms with van der Waals surface area (Å²) in [4.78, 5) is 8.91. The van der Waals surface area contributed by atoms with E-state index in [4.69, 9.17) is 17.3 Å². The molecule has 3 aromatic rings. The molecule has 100 valence electrons. The number of hydrogen-bond donors (Lipinski definition) is 1. The van der Waals surface area contributed by atoms with Crippen molar-refractivity contribution in [3.8, 4) is 22.0 Å². The van der Waals surface area contributed by atoms with Crippen molar-refractivity contribution < 1.29 is 0 Å². The van der Waals surface area contributed by atoms with Gasteiger partial charge in [-0.2, -0.15) is 0 Å². The molecule has 0 fully saturated rings. The largest absolute Gasteiger partial charge is 0.326 e. The Balaban J connectivity index is 1.95. The summed E-state index contributed by atoms with van der Waals surface area (Å²) < 4.78 is 0. The number of aromatic nitrogens is 2. The normalized spacial score (nSPS) is 10.7. The van der Waals surface area contributed by atoms with Crippen LogP contribution in [-0.2, 0) is 6.54 Å². The van der Waals surface area contributed by atoms with Crippen molar-refractivity contribution >= 4 is 22.9 Å². The molecule has 0 aliphatic heterocycles. The van der Waals surface area contributed by atoms with Crippen LogP contribution in [0.3, 0.4) is 0 Å². The molecule has 0 unspecified atom stereocenters. The third-order valence-electron chi connectivity index (χ3n) is 2.91. The van der Waals surface area contributed by atoms with Gasteiger partial charge >= 0.3 is 0 Å². The van der Waals surface area contributed by atoms with Crippen LogP contribution in [0.2, 0.25) is 5.02 Å². The Labute approximate surface area is 126 Å². The summed E-state index contributed by atoms with van der Waals surface area (Å²) in [5, 5.41) is 3.54. The molecule has 0 amide bonds. The van der Waals surface area contributed by atoms with Gasteiger partial charge in [0.15, 0.2) is 0 Å².